The summed E-state index contributed by atoms with van der Waals surface area (Å²) < 4.78 is 7.85. The number of nitrogens with one attached hydrogen (secondary N) is 2. The first-order valence-electron chi connectivity index (χ1n) is 10.8. The van der Waals surface area contributed by atoms with Gasteiger partial charge < -0.3 is 15.4 Å². The minimum Gasteiger partial charge on any atom is -0.457 e. The molecule has 0 fully saturated rings. The second-order valence-electron chi connectivity index (χ2n) is 7.67. The third-order valence-corrected chi connectivity index (χ3v) is 5.37. The molecule has 1 unspecified atom stereocenters. The topological polar surface area (TPSA) is 94.0 Å². The van der Waals surface area contributed by atoms with Crippen molar-refractivity contribution in [3.05, 3.63) is 97.0 Å². The number of aromatic nitrogens is 4. The zero-order valence-electron chi connectivity index (χ0n) is 18.4. The van der Waals surface area contributed by atoms with Crippen molar-refractivity contribution in [2.45, 2.75) is 13.0 Å². The van der Waals surface area contributed by atoms with Gasteiger partial charge in [0.25, 0.3) is 0 Å². The van der Waals surface area contributed by atoms with Gasteiger partial charge in [0.15, 0.2) is 0 Å². The summed E-state index contributed by atoms with van der Waals surface area (Å²) in [6, 6.07) is 24.9. The number of anilines is 2. The van der Waals surface area contributed by atoms with Crippen LogP contribution in [0, 0.1) is 0 Å². The third-order valence-electron chi connectivity index (χ3n) is 5.37. The highest BCUT2D eigenvalue weighted by atomic mass is 16.5. The van der Waals surface area contributed by atoms with Gasteiger partial charge in [-0.05, 0) is 55.0 Å². The lowest BCUT2D eigenvalue weighted by Gasteiger charge is -2.14. The summed E-state index contributed by atoms with van der Waals surface area (Å²) in [5.74, 6) is 2.58. The molecule has 3 aromatic carbocycles. The second kappa shape index (κ2) is 9.41. The number of benzene rings is 3. The fourth-order valence-corrected chi connectivity index (χ4v) is 3.63. The quantitative estimate of drug-likeness (QED) is 0.310. The van der Waals surface area contributed by atoms with E-state index >= 15 is 0 Å². The van der Waals surface area contributed by atoms with Crippen LogP contribution in [0.3, 0.4) is 0 Å². The van der Waals surface area contributed by atoms with Crippen molar-refractivity contribution in [3.8, 4) is 17.3 Å². The Morgan fingerprint density at radius 3 is 2.53 bits per heavy atom. The van der Waals surface area contributed by atoms with Crippen molar-refractivity contribution in [2.75, 3.05) is 10.6 Å². The highest BCUT2D eigenvalue weighted by molar-refractivity contribution is 5.79. The first-order valence-corrected chi connectivity index (χ1v) is 10.8. The lowest BCUT2D eigenvalue weighted by atomic mass is 10.1. The van der Waals surface area contributed by atoms with Gasteiger partial charge in [0.1, 0.15) is 23.6 Å². The molecule has 2 heterocycles. The summed E-state index contributed by atoms with van der Waals surface area (Å²) in [6.45, 7) is 2.08. The molecule has 34 heavy (non-hydrogen) atoms. The third kappa shape index (κ3) is 4.56. The van der Waals surface area contributed by atoms with E-state index in [9.17, 15) is 4.79 Å². The maximum atomic E-state index is 10.5. The van der Waals surface area contributed by atoms with Crippen LogP contribution in [-0.2, 0) is 4.79 Å². The van der Waals surface area contributed by atoms with Gasteiger partial charge in [0.2, 0.25) is 12.4 Å². The van der Waals surface area contributed by atoms with Crippen LogP contribution < -0.4 is 15.4 Å². The first-order chi connectivity index (χ1) is 16.7. The van der Waals surface area contributed by atoms with E-state index in [1.807, 2.05) is 47.0 Å². The fourth-order valence-electron chi connectivity index (χ4n) is 3.63. The number of carbonyl (C=O) groups excluding carboxylic acids is 1. The largest absolute Gasteiger partial charge is 0.457 e. The molecule has 2 N–H and O–H groups in total. The summed E-state index contributed by atoms with van der Waals surface area (Å²) in [5.41, 5.74) is 3.54. The highest BCUT2D eigenvalue weighted by Crippen LogP contribution is 2.27. The van der Waals surface area contributed by atoms with Gasteiger partial charge in [-0.25, -0.2) is 9.97 Å². The van der Waals surface area contributed by atoms with E-state index in [4.69, 9.17) is 4.74 Å². The van der Waals surface area contributed by atoms with Crippen LogP contribution in [0.2, 0.25) is 0 Å². The van der Waals surface area contributed by atoms with E-state index in [0.717, 1.165) is 16.6 Å². The Bertz CT molecular complexity index is 1420. The molecule has 1 atom stereocenters. The molecule has 5 aromatic rings. The van der Waals surface area contributed by atoms with Crippen LogP contribution in [0.1, 0.15) is 18.5 Å². The number of fused-ring (bicyclic) bond motifs is 1. The maximum Gasteiger partial charge on any atom is 0.225 e. The predicted molar refractivity (Wildman–Crippen MR) is 131 cm³/mol. The number of nitrogens with zero attached hydrogens (tertiary/aromatic N) is 4. The first kappa shape index (κ1) is 21.1. The van der Waals surface area contributed by atoms with Crippen LogP contribution in [0.4, 0.5) is 11.6 Å². The van der Waals surface area contributed by atoms with Crippen LogP contribution in [-0.4, -0.2) is 25.9 Å². The smallest absolute Gasteiger partial charge is 0.225 e. The molecule has 0 aliphatic heterocycles. The standard InChI is InChI=1S/C26H22N6O2/c1-18(19-5-3-2-4-6-19)30-26-27-14-13-25(31-26)32-16-28-23-15-22(11-12-24(23)32)34-21-9-7-20(8-10-21)29-17-33/h2-18H,1H3,(H,29,33)(H,27,30,31). The summed E-state index contributed by atoms with van der Waals surface area (Å²) in [6.07, 6.45) is 4.11. The van der Waals surface area contributed by atoms with Gasteiger partial charge in [-0.2, -0.15) is 4.98 Å². The Labute approximate surface area is 196 Å². The second-order valence-corrected chi connectivity index (χ2v) is 7.67. The van der Waals surface area contributed by atoms with E-state index in [0.29, 0.717) is 35.4 Å². The van der Waals surface area contributed by atoms with Crippen molar-refractivity contribution < 1.29 is 9.53 Å². The van der Waals surface area contributed by atoms with E-state index in [1.165, 1.54) is 0 Å². The summed E-state index contributed by atoms with van der Waals surface area (Å²) >= 11 is 0. The molecule has 168 valence electrons. The number of imidazole rings is 1. The molecule has 0 aliphatic carbocycles. The summed E-state index contributed by atoms with van der Waals surface area (Å²) in [7, 11) is 0. The Balaban J connectivity index is 1.35. The molecule has 2 aromatic heterocycles. The molecule has 8 nitrogen and oxygen atoms in total. The van der Waals surface area contributed by atoms with Crippen molar-refractivity contribution in [2.24, 2.45) is 0 Å². The van der Waals surface area contributed by atoms with Crippen molar-refractivity contribution >= 4 is 29.1 Å². The molecule has 0 bridgehead atoms. The van der Waals surface area contributed by atoms with E-state index in [-0.39, 0.29) is 6.04 Å². The zero-order valence-corrected chi connectivity index (χ0v) is 18.4. The summed E-state index contributed by atoms with van der Waals surface area (Å²) in [5, 5.41) is 5.96. The minimum atomic E-state index is 0.0685. The van der Waals surface area contributed by atoms with Crippen LogP contribution in [0.5, 0.6) is 11.5 Å². The van der Waals surface area contributed by atoms with Crippen LogP contribution >= 0.6 is 0 Å². The van der Waals surface area contributed by atoms with Gasteiger partial charge in [-0.3, -0.25) is 9.36 Å². The van der Waals surface area contributed by atoms with E-state index < -0.39 is 0 Å². The number of ether oxygens (including phenoxy) is 1. The van der Waals surface area contributed by atoms with Crippen molar-refractivity contribution in [1.29, 1.82) is 0 Å². The molecule has 5 rings (SSSR count). The lowest BCUT2D eigenvalue weighted by molar-refractivity contribution is -0.105. The van der Waals surface area contributed by atoms with Gasteiger partial charge in [-0.15, -0.1) is 0 Å². The number of hydrogen-bond donors (Lipinski definition) is 2. The normalized spacial score (nSPS) is 11.7. The van der Waals surface area contributed by atoms with Crippen molar-refractivity contribution in [1.82, 2.24) is 19.5 Å². The number of rotatable bonds is 8. The Hall–Kier alpha value is -4.72. The predicted octanol–water partition coefficient (Wildman–Crippen LogP) is 5.35. The van der Waals surface area contributed by atoms with Gasteiger partial charge >= 0.3 is 0 Å². The van der Waals surface area contributed by atoms with E-state index in [1.54, 1.807) is 36.8 Å². The van der Waals surface area contributed by atoms with Crippen molar-refractivity contribution in [3.63, 3.8) is 0 Å². The zero-order chi connectivity index (χ0) is 23.3. The van der Waals surface area contributed by atoms with Gasteiger partial charge in [0, 0.05) is 18.0 Å². The maximum absolute atomic E-state index is 10.5. The average molecular weight is 451 g/mol. The summed E-state index contributed by atoms with van der Waals surface area (Å²) in [4.78, 5) is 24.1. The SMILES string of the molecule is CC(Nc1nccc(-n2cnc3cc(Oc4ccc(NC=O)cc4)ccc32)n1)c1ccccc1. The molecule has 0 saturated heterocycles. The number of carbonyl (C=O) groups is 1. The van der Waals surface area contributed by atoms with Crippen LogP contribution in [0.15, 0.2) is 91.4 Å². The molecular formula is C26H22N6O2. The molecule has 1 amide bonds. The molecular weight excluding hydrogens is 428 g/mol. The number of hydrogen-bond acceptors (Lipinski definition) is 6. The minimum absolute atomic E-state index is 0.0685. The molecule has 0 radical (unpaired) electrons. The highest BCUT2D eigenvalue weighted by Gasteiger charge is 2.11. The fraction of sp³-hybridized carbons (Fsp3) is 0.0769. The van der Waals surface area contributed by atoms with Crippen LogP contribution in [0.25, 0.3) is 16.9 Å². The molecule has 8 heteroatoms. The Morgan fingerprint density at radius 2 is 1.74 bits per heavy atom. The van der Waals surface area contributed by atoms with E-state index in [2.05, 4.69) is 44.6 Å². The Morgan fingerprint density at radius 1 is 0.941 bits per heavy atom. The Kier molecular flexibility index (Phi) is 5.85. The molecule has 0 spiro atoms. The van der Waals surface area contributed by atoms with Gasteiger partial charge in [-0.1, -0.05) is 30.3 Å². The van der Waals surface area contributed by atoms with Gasteiger partial charge in [0.05, 0.1) is 17.1 Å². The molecule has 0 saturated carbocycles. The number of amides is 1. The lowest BCUT2D eigenvalue weighted by Crippen LogP contribution is -2.10. The average Bonchev–Trinajstić information content (AvgIpc) is 3.29. The molecule has 0 aliphatic rings. The monoisotopic (exact) mass is 450 g/mol.